The summed E-state index contributed by atoms with van der Waals surface area (Å²) in [5.74, 6) is 0. The number of nitrogens with zero attached hydrogens (tertiary/aromatic N) is 1. The summed E-state index contributed by atoms with van der Waals surface area (Å²) >= 11 is 0. The van der Waals surface area contributed by atoms with Gasteiger partial charge in [0.2, 0.25) is 0 Å². The Morgan fingerprint density at radius 3 is 2.71 bits per heavy atom. The summed E-state index contributed by atoms with van der Waals surface area (Å²) in [7, 11) is 0. The lowest BCUT2D eigenvalue weighted by Gasteiger charge is -2.11. The average molecular weight is 276 g/mol. The summed E-state index contributed by atoms with van der Waals surface area (Å²) in [5.41, 5.74) is 6.15. The molecule has 0 saturated carbocycles. The van der Waals surface area contributed by atoms with Crippen LogP contribution in [0.4, 0.5) is 0 Å². The van der Waals surface area contributed by atoms with E-state index in [1.807, 2.05) is 12.3 Å². The second-order valence-corrected chi connectivity index (χ2v) is 5.31. The normalized spacial score (nSPS) is 11.0. The Hall–Kier alpha value is -2.19. The third-order valence-electron chi connectivity index (χ3n) is 3.80. The number of para-hydroxylation sites is 1. The smallest absolute Gasteiger partial charge is 0.0780 e. The van der Waals surface area contributed by atoms with E-state index >= 15 is 0 Å². The minimum absolute atomic E-state index is 0.905. The molecule has 1 N–H and O–H groups in total. The molecule has 0 unspecified atom stereocenters. The molecule has 3 aromatic rings. The van der Waals surface area contributed by atoms with E-state index < -0.39 is 0 Å². The van der Waals surface area contributed by atoms with E-state index in [4.69, 9.17) is 0 Å². The molecule has 0 spiro atoms. The number of pyridine rings is 1. The van der Waals surface area contributed by atoms with Gasteiger partial charge in [0, 0.05) is 23.7 Å². The van der Waals surface area contributed by atoms with Gasteiger partial charge in [0.05, 0.1) is 5.52 Å². The van der Waals surface area contributed by atoms with E-state index in [2.05, 4.69) is 66.6 Å². The summed E-state index contributed by atoms with van der Waals surface area (Å²) in [6, 6.07) is 17.2. The molecule has 106 valence electrons. The fourth-order valence-electron chi connectivity index (χ4n) is 2.66. The van der Waals surface area contributed by atoms with E-state index in [0.29, 0.717) is 0 Å². The highest BCUT2D eigenvalue weighted by molar-refractivity contribution is 5.94. The Labute approximate surface area is 125 Å². The van der Waals surface area contributed by atoms with E-state index in [1.165, 1.54) is 27.6 Å². The summed E-state index contributed by atoms with van der Waals surface area (Å²) in [6.07, 6.45) is 1.86. The highest BCUT2D eigenvalue weighted by Gasteiger charge is 2.08. The minimum atomic E-state index is 0.905. The predicted octanol–water partition coefficient (Wildman–Crippen LogP) is 4.32. The van der Waals surface area contributed by atoms with Crippen LogP contribution in [-0.2, 0) is 6.54 Å². The zero-order valence-corrected chi connectivity index (χ0v) is 12.6. The molecule has 21 heavy (non-hydrogen) atoms. The van der Waals surface area contributed by atoms with Crippen LogP contribution in [0.15, 0.2) is 54.7 Å². The second-order valence-electron chi connectivity index (χ2n) is 5.31. The van der Waals surface area contributed by atoms with Crippen molar-refractivity contribution in [2.75, 3.05) is 6.54 Å². The van der Waals surface area contributed by atoms with Crippen LogP contribution in [0, 0.1) is 6.92 Å². The molecule has 2 aromatic carbocycles. The quantitative estimate of drug-likeness (QED) is 0.767. The fourth-order valence-corrected chi connectivity index (χ4v) is 2.66. The summed E-state index contributed by atoms with van der Waals surface area (Å²) in [5, 5.41) is 4.57. The van der Waals surface area contributed by atoms with Crippen LogP contribution in [0.2, 0.25) is 0 Å². The average Bonchev–Trinajstić information content (AvgIpc) is 2.54. The number of aryl methyl sites for hydroxylation is 1. The Morgan fingerprint density at radius 1 is 1.00 bits per heavy atom. The largest absolute Gasteiger partial charge is 0.313 e. The lowest BCUT2D eigenvalue weighted by atomic mass is 9.96. The summed E-state index contributed by atoms with van der Waals surface area (Å²) < 4.78 is 0. The highest BCUT2D eigenvalue weighted by Crippen LogP contribution is 2.30. The number of nitrogens with one attached hydrogen (secondary N) is 1. The summed E-state index contributed by atoms with van der Waals surface area (Å²) in [4.78, 5) is 4.57. The molecule has 0 saturated heterocycles. The van der Waals surface area contributed by atoms with Crippen molar-refractivity contribution in [1.29, 1.82) is 0 Å². The molecule has 0 amide bonds. The van der Waals surface area contributed by atoms with Crippen molar-refractivity contribution in [1.82, 2.24) is 10.3 Å². The van der Waals surface area contributed by atoms with Gasteiger partial charge in [-0.25, -0.2) is 0 Å². The van der Waals surface area contributed by atoms with Gasteiger partial charge in [-0.3, -0.25) is 4.98 Å². The molecule has 0 fully saturated rings. The molecule has 3 rings (SSSR count). The van der Waals surface area contributed by atoms with Gasteiger partial charge < -0.3 is 5.32 Å². The van der Waals surface area contributed by atoms with E-state index in [0.717, 1.165) is 18.6 Å². The van der Waals surface area contributed by atoms with Crippen LogP contribution < -0.4 is 5.32 Å². The molecular formula is C19H20N2. The maximum Gasteiger partial charge on any atom is 0.0780 e. The van der Waals surface area contributed by atoms with E-state index in [9.17, 15) is 0 Å². The number of fused-ring (bicyclic) bond motifs is 1. The van der Waals surface area contributed by atoms with Crippen molar-refractivity contribution in [3.63, 3.8) is 0 Å². The van der Waals surface area contributed by atoms with Gasteiger partial charge in [-0.05, 0) is 42.3 Å². The molecule has 0 radical (unpaired) electrons. The van der Waals surface area contributed by atoms with Crippen LogP contribution in [-0.4, -0.2) is 11.5 Å². The number of benzene rings is 2. The van der Waals surface area contributed by atoms with Crippen LogP contribution >= 0.6 is 0 Å². The first-order valence-corrected chi connectivity index (χ1v) is 7.44. The predicted molar refractivity (Wildman–Crippen MR) is 89.3 cm³/mol. The molecular weight excluding hydrogens is 256 g/mol. The first kappa shape index (κ1) is 13.8. The molecule has 0 aliphatic rings. The third-order valence-corrected chi connectivity index (χ3v) is 3.80. The van der Waals surface area contributed by atoms with Gasteiger partial charge >= 0.3 is 0 Å². The second kappa shape index (κ2) is 6.06. The highest BCUT2D eigenvalue weighted by atomic mass is 14.8. The molecule has 0 bridgehead atoms. The molecule has 2 nitrogen and oxygen atoms in total. The lowest BCUT2D eigenvalue weighted by Crippen LogP contribution is -2.11. The standard InChI is InChI=1S/C19H20N2/c1-3-20-13-15-10-9-14(2)18(12-15)17-8-4-6-16-7-5-11-21-19(16)17/h4-12,20H,3,13H2,1-2H3. The summed E-state index contributed by atoms with van der Waals surface area (Å²) in [6.45, 7) is 6.18. The van der Waals surface area contributed by atoms with Crippen LogP contribution in [0.1, 0.15) is 18.1 Å². The molecule has 2 heteroatoms. The fraction of sp³-hybridized carbons (Fsp3) is 0.211. The van der Waals surface area contributed by atoms with Crippen molar-refractivity contribution in [3.8, 4) is 11.1 Å². The number of aromatic nitrogens is 1. The van der Waals surface area contributed by atoms with Crippen molar-refractivity contribution in [2.24, 2.45) is 0 Å². The van der Waals surface area contributed by atoms with Crippen LogP contribution in [0.5, 0.6) is 0 Å². The van der Waals surface area contributed by atoms with Crippen LogP contribution in [0.3, 0.4) is 0 Å². The molecule has 1 heterocycles. The van der Waals surface area contributed by atoms with Gasteiger partial charge in [0.15, 0.2) is 0 Å². The zero-order valence-electron chi connectivity index (χ0n) is 12.6. The first-order chi connectivity index (χ1) is 10.3. The Balaban J connectivity index is 2.13. The van der Waals surface area contributed by atoms with Crippen molar-refractivity contribution in [3.05, 3.63) is 65.9 Å². The molecule has 1 aromatic heterocycles. The topological polar surface area (TPSA) is 24.9 Å². The van der Waals surface area contributed by atoms with Crippen molar-refractivity contribution >= 4 is 10.9 Å². The van der Waals surface area contributed by atoms with Crippen molar-refractivity contribution in [2.45, 2.75) is 20.4 Å². The van der Waals surface area contributed by atoms with Gasteiger partial charge in [-0.15, -0.1) is 0 Å². The van der Waals surface area contributed by atoms with Gasteiger partial charge in [0.1, 0.15) is 0 Å². The molecule has 0 aliphatic heterocycles. The Kier molecular flexibility index (Phi) is 3.98. The van der Waals surface area contributed by atoms with E-state index in [-0.39, 0.29) is 0 Å². The maximum absolute atomic E-state index is 4.57. The maximum atomic E-state index is 4.57. The molecule has 0 atom stereocenters. The van der Waals surface area contributed by atoms with Gasteiger partial charge in [-0.1, -0.05) is 43.3 Å². The number of rotatable bonds is 4. The Morgan fingerprint density at radius 2 is 1.86 bits per heavy atom. The van der Waals surface area contributed by atoms with E-state index in [1.54, 1.807) is 0 Å². The van der Waals surface area contributed by atoms with Gasteiger partial charge in [0.25, 0.3) is 0 Å². The lowest BCUT2D eigenvalue weighted by molar-refractivity contribution is 0.727. The minimum Gasteiger partial charge on any atom is -0.313 e. The van der Waals surface area contributed by atoms with Crippen LogP contribution in [0.25, 0.3) is 22.0 Å². The number of hydrogen-bond donors (Lipinski definition) is 1. The zero-order chi connectivity index (χ0) is 14.7. The third kappa shape index (κ3) is 2.81. The first-order valence-electron chi connectivity index (χ1n) is 7.44. The SMILES string of the molecule is CCNCc1ccc(C)c(-c2cccc3cccnc23)c1. The monoisotopic (exact) mass is 276 g/mol. The Bertz CT molecular complexity index is 757. The van der Waals surface area contributed by atoms with Crippen molar-refractivity contribution < 1.29 is 0 Å². The van der Waals surface area contributed by atoms with Gasteiger partial charge in [-0.2, -0.15) is 0 Å². The number of hydrogen-bond acceptors (Lipinski definition) is 2. The molecule has 0 aliphatic carbocycles.